The number of hydrogen-bond acceptors (Lipinski definition) is 4. The molecule has 0 bridgehead atoms. The summed E-state index contributed by atoms with van der Waals surface area (Å²) in [5.74, 6) is 0. The first-order valence-electron chi connectivity index (χ1n) is 3.47. The van der Waals surface area contributed by atoms with E-state index in [0.29, 0.717) is 6.42 Å². The number of hydrogen-bond donors (Lipinski definition) is 0. The minimum atomic E-state index is -4.17. The van der Waals surface area contributed by atoms with Crippen LogP contribution in [0.5, 0.6) is 0 Å². The topological polar surface area (TPSA) is 58.9 Å². The van der Waals surface area contributed by atoms with Crippen LogP contribution in [0.3, 0.4) is 0 Å². The zero-order chi connectivity index (χ0) is 9.27. The van der Waals surface area contributed by atoms with Gasteiger partial charge in [0, 0.05) is 0 Å². The first kappa shape index (κ1) is 9.46. The van der Waals surface area contributed by atoms with Crippen molar-refractivity contribution < 1.29 is 15.3 Å². The average molecular weight is 339 g/mol. The van der Waals surface area contributed by atoms with Gasteiger partial charge in [-0.25, -0.2) is 0 Å². The molecule has 0 aromatic heterocycles. The molecule has 0 saturated carbocycles. The first-order chi connectivity index (χ1) is 5.52. The zero-order valence-electron chi connectivity index (χ0n) is 7.06. The average Bonchev–Trinajstić information content (AvgIpc) is 2.58. The van der Waals surface area contributed by atoms with Crippen LogP contribution in [0.25, 0.3) is 0 Å². The van der Waals surface area contributed by atoms with Crippen LogP contribution >= 0.6 is 0 Å². The molecule has 0 unspecified atom stereocenters. The van der Waals surface area contributed by atoms with E-state index in [0.717, 1.165) is 3.96 Å². The SMILES string of the molecule is [CH3][W]([CH3])([N]=O)([N]=O)[C]1=CC=CC1. The fraction of sp³-hybridized carbons (Fsp3) is 0.429. The molecule has 1 rings (SSSR count). The Hall–Kier alpha value is -0.632. The fourth-order valence-corrected chi connectivity index (χ4v) is 5.54. The fourth-order valence-electron chi connectivity index (χ4n) is 0.975. The van der Waals surface area contributed by atoms with E-state index in [2.05, 4.69) is 7.47 Å². The van der Waals surface area contributed by atoms with Crippen LogP contribution in [0.4, 0.5) is 0 Å². The summed E-state index contributed by atoms with van der Waals surface area (Å²) in [7, 11) is 0. The van der Waals surface area contributed by atoms with E-state index in [-0.39, 0.29) is 0 Å². The van der Waals surface area contributed by atoms with Crippen molar-refractivity contribution in [3.63, 3.8) is 0 Å². The molecular weight excluding hydrogens is 328 g/mol. The third-order valence-electron chi connectivity index (χ3n) is 1.94. The Labute approximate surface area is 72.1 Å². The van der Waals surface area contributed by atoms with Crippen LogP contribution in [0.15, 0.2) is 29.7 Å². The van der Waals surface area contributed by atoms with E-state index in [1.54, 1.807) is 16.7 Å². The van der Waals surface area contributed by atoms with Gasteiger partial charge in [-0.1, -0.05) is 0 Å². The molecule has 5 heteroatoms. The van der Waals surface area contributed by atoms with Gasteiger partial charge < -0.3 is 0 Å². The maximum atomic E-state index is 10.6. The quantitative estimate of drug-likeness (QED) is 0.743. The summed E-state index contributed by atoms with van der Waals surface area (Å²) >= 11 is -4.17. The normalized spacial score (nSPS) is 19.5. The van der Waals surface area contributed by atoms with Crippen molar-refractivity contribution in [1.82, 2.24) is 0 Å². The van der Waals surface area contributed by atoms with Gasteiger partial charge in [0.1, 0.15) is 0 Å². The summed E-state index contributed by atoms with van der Waals surface area (Å²) in [4.78, 5) is 21.3. The van der Waals surface area contributed by atoms with Gasteiger partial charge in [0.05, 0.1) is 0 Å². The Morgan fingerprint density at radius 3 is 2.25 bits per heavy atom. The molecule has 0 atom stereocenters. The van der Waals surface area contributed by atoms with Gasteiger partial charge >= 0.3 is 71.8 Å². The van der Waals surface area contributed by atoms with Crippen LogP contribution < -0.4 is 0 Å². The van der Waals surface area contributed by atoms with Gasteiger partial charge in [-0.2, -0.15) is 0 Å². The van der Waals surface area contributed by atoms with Crippen molar-refractivity contribution in [3.05, 3.63) is 32.0 Å². The van der Waals surface area contributed by atoms with Crippen molar-refractivity contribution in [2.24, 2.45) is 7.47 Å². The molecular formula is C7H11N2O2W. The molecule has 12 heavy (non-hydrogen) atoms. The second-order valence-electron chi connectivity index (χ2n) is 3.23. The summed E-state index contributed by atoms with van der Waals surface area (Å²) < 4.78 is 6.89. The van der Waals surface area contributed by atoms with E-state index in [4.69, 9.17) is 0 Å². The van der Waals surface area contributed by atoms with Gasteiger partial charge in [-0.15, -0.1) is 0 Å². The van der Waals surface area contributed by atoms with E-state index in [1.165, 1.54) is 0 Å². The Morgan fingerprint density at radius 2 is 1.92 bits per heavy atom. The van der Waals surface area contributed by atoms with Crippen LogP contribution in [0.1, 0.15) is 6.42 Å². The molecule has 0 radical (unpaired) electrons. The van der Waals surface area contributed by atoms with Crippen molar-refractivity contribution in [2.45, 2.75) is 17.0 Å². The number of nitrogens with zero attached hydrogens (tertiary/aromatic N) is 2. The van der Waals surface area contributed by atoms with E-state index < -0.39 is 15.3 Å². The second-order valence-corrected chi connectivity index (χ2v) is 19.2. The Kier molecular flexibility index (Phi) is 2.13. The number of nitroso groups, excluding NO2 is 2. The van der Waals surface area contributed by atoms with Crippen LogP contribution in [0, 0.1) is 9.81 Å². The predicted octanol–water partition coefficient (Wildman–Crippen LogP) is 2.98. The molecule has 4 nitrogen and oxygen atoms in total. The monoisotopic (exact) mass is 339 g/mol. The molecule has 0 saturated heterocycles. The molecule has 0 aromatic carbocycles. The molecule has 0 fully saturated rings. The van der Waals surface area contributed by atoms with Gasteiger partial charge in [-0.05, 0) is 0 Å². The number of rotatable bonds is 3. The van der Waals surface area contributed by atoms with Crippen LogP contribution in [0.2, 0.25) is 10.6 Å². The number of allylic oxidation sites excluding steroid dienone is 4. The molecule has 0 aromatic rings. The summed E-state index contributed by atoms with van der Waals surface area (Å²) in [5, 5.41) is 3.28. The minimum absolute atomic E-state index is 0.662. The molecule has 1 aliphatic carbocycles. The van der Waals surface area contributed by atoms with Gasteiger partial charge in [0.25, 0.3) is 0 Å². The third-order valence-corrected chi connectivity index (χ3v) is 11.6. The summed E-state index contributed by atoms with van der Waals surface area (Å²) in [6.07, 6.45) is 6.21. The molecule has 0 amide bonds. The van der Waals surface area contributed by atoms with Crippen molar-refractivity contribution in [3.8, 4) is 0 Å². The van der Waals surface area contributed by atoms with Crippen molar-refractivity contribution >= 4 is 0 Å². The van der Waals surface area contributed by atoms with Crippen LogP contribution in [-0.2, 0) is 15.3 Å². The molecule has 0 N–H and O–H groups in total. The molecule has 0 spiro atoms. The van der Waals surface area contributed by atoms with E-state index >= 15 is 0 Å². The van der Waals surface area contributed by atoms with E-state index in [1.807, 2.05) is 12.2 Å². The van der Waals surface area contributed by atoms with E-state index in [9.17, 15) is 9.81 Å². The standard InChI is InChI=1S/C5H5.2CH3.2NO.W/c1-2-4-5-3-1;;;2*1-2;/h1-3H,4H2;2*1H3;;;/q;;;2*-1;+2. The van der Waals surface area contributed by atoms with Crippen molar-refractivity contribution in [1.29, 1.82) is 0 Å². The molecule has 1 aliphatic rings. The first-order valence-corrected chi connectivity index (χ1v) is 13.4. The Balaban J connectivity index is 3.11. The van der Waals surface area contributed by atoms with Gasteiger partial charge in [0.15, 0.2) is 0 Å². The van der Waals surface area contributed by atoms with Crippen LogP contribution in [-0.4, -0.2) is 0 Å². The summed E-state index contributed by atoms with van der Waals surface area (Å²) in [5.41, 5.74) is 0. The molecule has 67 valence electrons. The molecule has 0 aliphatic heterocycles. The Bertz CT molecular complexity index is 282. The summed E-state index contributed by atoms with van der Waals surface area (Å²) in [6, 6.07) is 0. The summed E-state index contributed by atoms with van der Waals surface area (Å²) in [6.45, 7) is 0. The van der Waals surface area contributed by atoms with Crippen molar-refractivity contribution in [2.75, 3.05) is 0 Å². The predicted molar refractivity (Wildman–Crippen MR) is 45.2 cm³/mol. The third kappa shape index (κ3) is 1.31. The van der Waals surface area contributed by atoms with Gasteiger partial charge in [0.2, 0.25) is 0 Å². The zero-order valence-corrected chi connectivity index (χ0v) is 9.99. The van der Waals surface area contributed by atoms with Gasteiger partial charge in [-0.3, -0.25) is 0 Å². The maximum absolute atomic E-state index is 10.6. The second kappa shape index (κ2) is 2.70. The molecule has 0 heterocycles. The Morgan fingerprint density at radius 1 is 1.33 bits per heavy atom.